The second kappa shape index (κ2) is 6.33. The molecule has 1 aromatic carbocycles. The van der Waals surface area contributed by atoms with E-state index < -0.39 is 0 Å². The minimum atomic E-state index is 0.189. The summed E-state index contributed by atoms with van der Waals surface area (Å²) in [4.78, 5) is 0. The SMILES string of the molecule is CO/C=C/c1c(-c2c(Cl)cccc2Cl)noc1C(C)C. The number of halogens is 2. The summed E-state index contributed by atoms with van der Waals surface area (Å²) in [7, 11) is 1.58. The van der Waals surface area contributed by atoms with Gasteiger partial charge >= 0.3 is 0 Å². The quantitative estimate of drug-likeness (QED) is 0.710. The Kier molecular flexibility index (Phi) is 4.73. The first-order valence-electron chi connectivity index (χ1n) is 6.19. The summed E-state index contributed by atoms with van der Waals surface area (Å²) in [5.41, 5.74) is 2.12. The highest BCUT2D eigenvalue weighted by molar-refractivity contribution is 6.39. The average molecular weight is 312 g/mol. The molecule has 3 nitrogen and oxygen atoms in total. The van der Waals surface area contributed by atoms with Gasteiger partial charge in [-0.2, -0.15) is 0 Å². The van der Waals surface area contributed by atoms with Crippen molar-refractivity contribution in [1.29, 1.82) is 0 Å². The van der Waals surface area contributed by atoms with Crippen molar-refractivity contribution >= 4 is 29.3 Å². The molecule has 0 fully saturated rings. The van der Waals surface area contributed by atoms with Crippen molar-refractivity contribution in [2.75, 3.05) is 7.11 Å². The Hall–Kier alpha value is -1.45. The fourth-order valence-electron chi connectivity index (χ4n) is 1.93. The molecule has 2 aromatic rings. The molecule has 0 bridgehead atoms. The van der Waals surface area contributed by atoms with Crippen molar-refractivity contribution in [1.82, 2.24) is 5.16 Å². The lowest BCUT2D eigenvalue weighted by atomic mass is 10.0. The fourth-order valence-corrected chi connectivity index (χ4v) is 2.50. The van der Waals surface area contributed by atoms with E-state index in [0.717, 1.165) is 11.3 Å². The van der Waals surface area contributed by atoms with E-state index in [-0.39, 0.29) is 5.92 Å². The Balaban J connectivity index is 2.65. The molecular formula is C15H15Cl2NO2. The number of ether oxygens (including phenoxy) is 1. The minimum Gasteiger partial charge on any atom is -0.504 e. The van der Waals surface area contributed by atoms with Gasteiger partial charge in [0.25, 0.3) is 0 Å². The van der Waals surface area contributed by atoms with E-state index in [1.54, 1.807) is 37.6 Å². The van der Waals surface area contributed by atoms with Crippen LogP contribution in [0.3, 0.4) is 0 Å². The molecule has 1 heterocycles. The Labute approximate surface area is 128 Å². The summed E-state index contributed by atoms with van der Waals surface area (Å²) in [5.74, 6) is 0.957. The van der Waals surface area contributed by atoms with Gasteiger partial charge in [-0.05, 0) is 18.2 Å². The Morgan fingerprint density at radius 2 is 1.90 bits per heavy atom. The molecule has 20 heavy (non-hydrogen) atoms. The van der Waals surface area contributed by atoms with Gasteiger partial charge in [0.05, 0.1) is 23.4 Å². The van der Waals surface area contributed by atoms with Gasteiger partial charge in [-0.3, -0.25) is 0 Å². The van der Waals surface area contributed by atoms with Crippen LogP contribution in [0.25, 0.3) is 17.3 Å². The molecule has 0 amide bonds. The highest BCUT2D eigenvalue weighted by Crippen LogP contribution is 2.38. The van der Waals surface area contributed by atoms with Crippen LogP contribution in [0.1, 0.15) is 31.1 Å². The summed E-state index contributed by atoms with van der Waals surface area (Å²) < 4.78 is 10.4. The number of aromatic nitrogens is 1. The van der Waals surface area contributed by atoms with Crippen LogP contribution in [0, 0.1) is 0 Å². The van der Waals surface area contributed by atoms with E-state index in [4.69, 9.17) is 32.5 Å². The molecule has 0 saturated carbocycles. The standard InChI is InChI=1S/C15H15Cl2NO2/c1-9(2)15-10(7-8-19-3)14(18-20-15)13-11(16)5-4-6-12(13)17/h4-9H,1-3H3/b8-7+. The third kappa shape index (κ3) is 2.84. The second-order valence-corrected chi connectivity index (χ2v) is 5.41. The molecule has 106 valence electrons. The van der Waals surface area contributed by atoms with E-state index in [1.807, 2.05) is 13.8 Å². The molecule has 0 atom stereocenters. The topological polar surface area (TPSA) is 35.3 Å². The molecule has 0 aliphatic rings. The van der Waals surface area contributed by atoms with Gasteiger partial charge in [-0.15, -0.1) is 0 Å². The lowest BCUT2D eigenvalue weighted by Crippen LogP contribution is -1.90. The molecule has 0 saturated heterocycles. The number of hydrogen-bond acceptors (Lipinski definition) is 3. The first kappa shape index (κ1) is 14.9. The van der Waals surface area contributed by atoms with Crippen molar-refractivity contribution in [2.24, 2.45) is 0 Å². The predicted molar refractivity (Wildman–Crippen MR) is 82.1 cm³/mol. The number of hydrogen-bond donors (Lipinski definition) is 0. The fraction of sp³-hybridized carbons (Fsp3) is 0.267. The maximum atomic E-state index is 6.24. The van der Waals surface area contributed by atoms with Crippen LogP contribution in [0.15, 0.2) is 29.0 Å². The lowest BCUT2D eigenvalue weighted by Gasteiger charge is -2.05. The second-order valence-electron chi connectivity index (χ2n) is 4.60. The van der Waals surface area contributed by atoms with E-state index in [1.165, 1.54) is 0 Å². The summed E-state index contributed by atoms with van der Waals surface area (Å²) in [6, 6.07) is 5.34. The van der Waals surface area contributed by atoms with Crippen LogP contribution >= 0.6 is 23.2 Å². The maximum absolute atomic E-state index is 6.24. The highest BCUT2D eigenvalue weighted by atomic mass is 35.5. The van der Waals surface area contributed by atoms with Crippen molar-refractivity contribution < 1.29 is 9.26 Å². The largest absolute Gasteiger partial charge is 0.504 e. The molecule has 0 aliphatic heterocycles. The van der Waals surface area contributed by atoms with Crippen molar-refractivity contribution in [2.45, 2.75) is 19.8 Å². The summed E-state index contributed by atoms with van der Waals surface area (Å²) in [6.07, 6.45) is 3.38. The summed E-state index contributed by atoms with van der Waals surface area (Å²) in [5, 5.41) is 5.20. The molecule has 5 heteroatoms. The van der Waals surface area contributed by atoms with Gasteiger partial charge in [0.2, 0.25) is 0 Å². The smallest absolute Gasteiger partial charge is 0.147 e. The molecular weight excluding hydrogens is 297 g/mol. The Bertz CT molecular complexity index is 613. The van der Waals surface area contributed by atoms with Gasteiger partial charge < -0.3 is 9.26 Å². The molecule has 0 unspecified atom stereocenters. The Morgan fingerprint density at radius 3 is 2.45 bits per heavy atom. The third-order valence-electron chi connectivity index (χ3n) is 2.85. The zero-order chi connectivity index (χ0) is 14.7. The van der Waals surface area contributed by atoms with E-state index in [2.05, 4.69) is 5.16 Å². The van der Waals surface area contributed by atoms with E-state index in [0.29, 0.717) is 21.3 Å². The monoisotopic (exact) mass is 311 g/mol. The van der Waals surface area contributed by atoms with Crippen LogP contribution in [0.4, 0.5) is 0 Å². The normalized spacial score (nSPS) is 11.5. The number of benzene rings is 1. The van der Waals surface area contributed by atoms with Crippen LogP contribution in [0.2, 0.25) is 10.0 Å². The van der Waals surface area contributed by atoms with Gasteiger partial charge in [-0.25, -0.2) is 0 Å². The number of methoxy groups -OCH3 is 1. The third-order valence-corrected chi connectivity index (χ3v) is 3.48. The zero-order valence-electron chi connectivity index (χ0n) is 11.5. The molecule has 2 rings (SSSR count). The minimum absolute atomic E-state index is 0.189. The molecule has 0 N–H and O–H groups in total. The summed E-state index contributed by atoms with van der Waals surface area (Å²) >= 11 is 12.5. The first-order valence-corrected chi connectivity index (χ1v) is 6.95. The highest BCUT2D eigenvalue weighted by Gasteiger charge is 2.21. The average Bonchev–Trinajstić information content (AvgIpc) is 2.80. The van der Waals surface area contributed by atoms with Crippen LogP contribution in [-0.2, 0) is 4.74 Å². The molecule has 0 radical (unpaired) electrons. The number of nitrogens with zero attached hydrogens (tertiary/aromatic N) is 1. The number of rotatable bonds is 4. The van der Waals surface area contributed by atoms with Crippen LogP contribution < -0.4 is 0 Å². The van der Waals surface area contributed by atoms with Crippen molar-refractivity contribution in [3.8, 4) is 11.3 Å². The van der Waals surface area contributed by atoms with Crippen molar-refractivity contribution in [3.63, 3.8) is 0 Å². The van der Waals surface area contributed by atoms with Crippen molar-refractivity contribution in [3.05, 3.63) is 45.8 Å². The Morgan fingerprint density at radius 1 is 1.25 bits per heavy atom. The van der Waals surface area contributed by atoms with Gasteiger partial charge in [-0.1, -0.05) is 48.3 Å². The first-order chi connectivity index (χ1) is 9.56. The maximum Gasteiger partial charge on any atom is 0.147 e. The van der Waals surface area contributed by atoms with Gasteiger partial charge in [0.15, 0.2) is 0 Å². The van der Waals surface area contributed by atoms with Gasteiger partial charge in [0, 0.05) is 17.0 Å². The molecule has 0 aliphatic carbocycles. The van der Waals surface area contributed by atoms with Crippen LogP contribution in [-0.4, -0.2) is 12.3 Å². The van der Waals surface area contributed by atoms with E-state index >= 15 is 0 Å². The summed E-state index contributed by atoms with van der Waals surface area (Å²) in [6.45, 7) is 4.06. The van der Waals surface area contributed by atoms with E-state index in [9.17, 15) is 0 Å². The molecule has 1 aromatic heterocycles. The van der Waals surface area contributed by atoms with Gasteiger partial charge in [0.1, 0.15) is 11.5 Å². The van der Waals surface area contributed by atoms with Crippen LogP contribution in [0.5, 0.6) is 0 Å². The zero-order valence-corrected chi connectivity index (χ0v) is 13.0. The molecule has 0 spiro atoms. The lowest BCUT2D eigenvalue weighted by molar-refractivity contribution is 0.341. The predicted octanol–water partition coefficient (Wildman–Crippen LogP) is 5.39.